The second kappa shape index (κ2) is 11.0. The number of phenols is 1. The van der Waals surface area contributed by atoms with Crippen LogP contribution in [-0.4, -0.2) is 69.8 Å². The van der Waals surface area contributed by atoms with Gasteiger partial charge in [-0.25, -0.2) is 4.79 Å². The second-order valence-electron chi connectivity index (χ2n) is 6.55. The molecule has 0 saturated carbocycles. The number of aromatic hydroxyl groups is 1. The molecule has 0 heterocycles. The van der Waals surface area contributed by atoms with Crippen LogP contribution in [0.3, 0.4) is 0 Å². The van der Waals surface area contributed by atoms with E-state index >= 15 is 0 Å². The molecule has 4 unspecified atom stereocenters. The van der Waals surface area contributed by atoms with Gasteiger partial charge in [-0.3, -0.25) is 14.4 Å². The third-order valence-corrected chi connectivity index (χ3v) is 3.97. The highest BCUT2D eigenvalue weighted by molar-refractivity contribution is 5.92. The van der Waals surface area contributed by atoms with Crippen molar-refractivity contribution in [3.8, 4) is 5.75 Å². The van der Waals surface area contributed by atoms with Crippen molar-refractivity contribution in [2.75, 3.05) is 6.54 Å². The summed E-state index contributed by atoms with van der Waals surface area (Å²) in [6.07, 6.45) is -1.13. The van der Waals surface area contributed by atoms with Gasteiger partial charge in [-0.15, -0.1) is 0 Å². The van der Waals surface area contributed by atoms with Gasteiger partial charge >= 0.3 is 5.97 Å². The molecule has 1 aromatic carbocycles. The number of carboxylic acid groups (broad SMARTS) is 1. The van der Waals surface area contributed by atoms with Gasteiger partial charge in [-0.1, -0.05) is 12.1 Å². The molecule has 0 aliphatic heterocycles. The molecule has 0 bridgehead atoms. The number of aliphatic hydroxyl groups is 1. The fourth-order valence-corrected chi connectivity index (χ4v) is 2.30. The van der Waals surface area contributed by atoms with Gasteiger partial charge in [0.1, 0.15) is 11.8 Å². The molecule has 1 rings (SSSR count). The summed E-state index contributed by atoms with van der Waals surface area (Å²) in [6, 6.07) is 2.74. The van der Waals surface area contributed by atoms with E-state index in [1.807, 2.05) is 0 Å². The zero-order valence-corrected chi connectivity index (χ0v) is 16.1. The molecule has 1 aromatic rings. The molecular weight excluding hydrogens is 384 g/mol. The predicted molar refractivity (Wildman–Crippen MR) is 102 cm³/mol. The SMILES string of the molecule is CC(NC(=O)C(N)Cc1ccc(O)cc1)C(=O)NCC(=O)NC(C(=O)O)C(C)O. The molecular formula is C18H26N4O7. The number of carbonyl (C=O) groups excluding carboxylic acids is 3. The average molecular weight is 410 g/mol. The van der Waals surface area contributed by atoms with Gasteiger partial charge in [-0.2, -0.15) is 0 Å². The van der Waals surface area contributed by atoms with Crippen LogP contribution in [0.1, 0.15) is 19.4 Å². The summed E-state index contributed by atoms with van der Waals surface area (Å²) in [6.45, 7) is 2.07. The quantitative estimate of drug-likeness (QED) is 0.227. The van der Waals surface area contributed by atoms with E-state index in [4.69, 9.17) is 10.8 Å². The molecule has 4 atom stereocenters. The fraction of sp³-hybridized carbons (Fsp3) is 0.444. The van der Waals surface area contributed by atoms with Crippen molar-refractivity contribution in [3.05, 3.63) is 29.8 Å². The number of benzene rings is 1. The molecule has 0 aliphatic rings. The van der Waals surface area contributed by atoms with Gasteiger partial charge in [-0.05, 0) is 38.0 Å². The van der Waals surface area contributed by atoms with E-state index < -0.39 is 54.5 Å². The van der Waals surface area contributed by atoms with Crippen LogP contribution in [0.5, 0.6) is 5.75 Å². The number of rotatable bonds is 10. The van der Waals surface area contributed by atoms with Crippen LogP contribution < -0.4 is 21.7 Å². The van der Waals surface area contributed by atoms with Crippen molar-refractivity contribution >= 4 is 23.7 Å². The minimum Gasteiger partial charge on any atom is -0.508 e. The topological polar surface area (TPSA) is 191 Å². The maximum Gasteiger partial charge on any atom is 0.328 e. The number of carboxylic acids is 1. The smallest absolute Gasteiger partial charge is 0.328 e. The minimum atomic E-state index is -1.51. The lowest BCUT2D eigenvalue weighted by Gasteiger charge is -2.19. The van der Waals surface area contributed by atoms with Crippen LogP contribution in [0.25, 0.3) is 0 Å². The molecule has 0 aliphatic carbocycles. The first-order chi connectivity index (χ1) is 13.5. The zero-order chi connectivity index (χ0) is 22.1. The molecule has 8 N–H and O–H groups in total. The third kappa shape index (κ3) is 8.15. The number of carbonyl (C=O) groups is 4. The molecule has 29 heavy (non-hydrogen) atoms. The standard InChI is InChI=1S/C18H26N4O7/c1-9(16(26)20-8-14(25)22-15(10(2)23)18(28)29)21-17(27)13(19)7-11-3-5-12(24)6-4-11/h3-6,9-10,13,15,23-24H,7-8,19H2,1-2H3,(H,20,26)(H,21,27)(H,22,25)(H,28,29). The molecule has 11 heteroatoms. The molecule has 11 nitrogen and oxygen atoms in total. The Bertz CT molecular complexity index is 736. The first kappa shape index (κ1) is 23.9. The van der Waals surface area contributed by atoms with E-state index in [-0.39, 0.29) is 12.2 Å². The maximum atomic E-state index is 12.1. The molecule has 0 aromatic heterocycles. The number of hydrogen-bond donors (Lipinski definition) is 7. The van der Waals surface area contributed by atoms with Gasteiger partial charge in [0.2, 0.25) is 17.7 Å². The van der Waals surface area contributed by atoms with Crippen molar-refractivity contribution < 1.29 is 34.5 Å². The Labute approximate surface area is 167 Å². The molecule has 160 valence electrons. The van der Waals surface area contributed by atoms with E-state index in [2.05, 4.69) is 16.0 Å². The van der Waals surface area contributed by atoms with Crippen LogP contribution >= 0.6 is 0 Å². The van der Waals surface area contributed by atoms with E-state index in [9.17, 15) is 29.4 Å². The van der Waals surface area contributed by atoms with Crippen LogP contribution in [0.15, 0.2) is 24.3 Å². The Morgan fingerprint density at radius 3 is 2.14 bits per heavy atom. The number of nitrogens with one attached hydrogen (secondary N) is 3. The number of aliphatic hydroxyl groups excluding tert-OH is 1. The number of nitrogens with two attached hydrogens (primary N) is 1. The van der Waals surface area contributed by atoms with Gasteiger partial charge in [0.15, 0.2) is 6.04 Å². The lowest BCUT2D eigenvalue weighted by Crippen LogP contribution is -2.53. The van der Waals surface area contributed by atoms with E-state index in [1.165, 1.54) is 26.0 Å². The zero-order valence-electron chi connectivity index (χ0n) is 16.1. The average Bonchev–Trinajstić information content (AvgIpc) is 2.65. The van der Waals surface area contributed by atoms with Gasteiger partial charge < -0.3 is 37.0 Å². The van der Waals surface area contributed by atoms with Crippen LogP contribution in [0, 0.1) is 0 Å². The van der Waals surface area contributed by atoms with Crippen molar-refractivity contribution in [1.29, 1.82) is 0 Å². The number of phenolic OH excluding ortho intramolecular Hbond substituents is 1. The van der Waals surface area contributed by atoms with Crippen molar-refractivity contribution in [2.45, 2.75) is 44.5 Å². The number of amides is 3. The van der Waals surface area contributed by atoms with E-state index in [0.717, 1.165) is 5.56 Å². The number of hydrogen-bond acceptors (Lipinski definition) is 7. The highest BCUT2D eigenvalue weighted by Crippen LogP contribution is 2.10. The van der Waals surface area contributed by atoms with E-state index in [0.29, 0.717) is 0 Å². The maximum absolute atomic E-state index is 12.1. The molecule has 0 radical (unpaired) electrons. The summed E-state index contributed by atoms with van der Waals surface area (Å²) >= 11 is 0. The Hall–Kier alpha value is -3.18. The molecule has 0 fully saturated rings. The second-order valence-corrected chi connectivity index (χ2v) is 6.55. The third-order valence-electron chi connectivity index (χ3n) is 3.97. The highest BCUT2D eigenvalue weighted by Gasteiger charge is 2.25. The highest BCUT2D eigenvalue weighted by atomic mass is 16.4. The van der Waals surface area contributed by atoms with Gasteiger partial charge in [0, 0.05) is 0 Å². The Balaban J connectivity index is 2.46. The van der Waals surface area contributed by atoms with Gasteiger partial charge in [0.05, 0.1) is 18.7 Å². The van der Waals surface area contributed by atoms with Gasteiger partial charge in [0.25, 0.3) is 0 Å². The molecule has 0 saturated heterocycles. The summed E-state index contributed by atoms with van der Waals surface area (Å²) < 4.78 is 0. The lowest BCUT2D eigenvalue weighted by molar-refractivity contribution is -0.144. The Morgan fingerprint density at radius 1 is 1.03 bits per heavy atom. The minimum absolute atomic E-state index is 0.0872. The van der Waals surface area contributed by atoms with Crippen LogP contribution in [0.4, 0.5) is 0 Å². The largest absolute Gasteiger partial charge is 0.508 e. The summed E-state index contributed by atoms with van der Waals surface area (Å²) in [5, 5.41) is 34.2. The van der Waals surface area contributed by atoms with E-state index in [1.54, 1.807) is 12.1 Å². The first-order valence-corrected chi connectivity index (χ1v) is 8.83. The summed E-state index contributed by atoms with van der Waals surface area (Å²) in [5.74, 6) is -3.39. The van der Waals surface area contributed by atoms with Crippen LogP contribution in [-0.2, 0) is 25.6 Å². The lowest BCUT2D eigenvalue weighted by atomic mass is 10.1. The molecule has 3 amide bonds. The van der Waals surface area contributed by atoms with Crippen molar-refractivity contribution in [3.63, 3.8) is 0 Å². The Morgan fingerprint density at radius 2 is 1.62 bits per heavy atom. The normalized spacial score (nSPS) is 14.8. The first-order valence-electron chi connectivity index (χ1n) is 8.83. The monoisotopic (exact) mass is 410 g/mol. The summed E-state index contributed by atoms with van der Waals surface area (Å²) in [5.41, 5.74) is 6.55. The Kier molecular flexibility index (Phi) is 9.03. The summed E-state index contributed by atoms with van der Waals surface area (Å²) in [7, 11) is 0. The predicted octanol–water partition coefficient (Wildman–Crippen LogP) is -2.17. The molecule has 0 spiro atoms. The fourth-order valence-electron chi connectivity index (χ4n) is 2.30. The van der Waals surface area contributed by atoms with Crippen molar-refractivity contribution in [2.24, 2.45) is 5.73 Å². The summed E-state index contributed by atoms with van der Waals surface area (Å²) in [4.78, 5) is 46.8. The van der Waals surface area contributed by atoms with Crippen molar-refractivity contribution in [1.82, 2.24) is 16.0 Å². The van der Waals surface area contributed by atoms with Crippen LogP contribution in [0.2, 0.25) is 0 Å². The number of aliphatic carboxylic acids is 1.